The van der Waals surface area contributed by atoms with Gasteiger partial charge in [-0.2, -0.15) is 0 Å². The van der Waals surface area contributed by atoms with Crippen LogP contribution in [0.5, 0.6) is 0 Å². The van der Waals surface area contributed by atoms with Crippen LogP contribution in [0.4, 0.5) is 0 Å². The van der Waals surface area contributed by atoms with Crippen LogP contribution in [0.1, 0.15) is 24.2 Å². The molecule has 0 aromatic heterocycles. The third-order valence-corrected chi connectivity index (χ3v) is 2.48. The lowest BCUT2D eigenvalue weighted by atomic mass is 10.2. The van der Waals surface area contributed by atoms with Crippen LogP contribution in [-0.2, 0) is 0 Å². The monoisotopic (exact) mass is 209 g/mol. The van der Waals surface area contributed by atoms with Crippen LogP contribution in [0, 0.1) is 0 Å². The first-order valence-corrected chi connectivity index (χ1v) is 5.81. The fourth-order valence-electron chi connectivity index (χ4n) is 1.11. The van der Waals surface area contributed by atoms with Crippen molar-refractivity contribution in [1.82, 2.24) is 5.32 Å². The van der Waals surface area contributed by atoms with Gasteiger partial charge in [-0.3, -0.25) is 4.79 Å². The summed E-state index contributed by atoms with van der Waals surface area (Å²) in [6.07, 6.45) is 2.00. The summed E-state index contributed by atoms with van der Waals surface area (Å²) in [4.78, 5) is 12.7. The van der Waals surface area contributed by atoms with Crippen molar-refractivity contribution in [3.05, 3.63) is 29.8 Å². The lowest BCUT2D eigenvalue weighted by molar-refractivity contribution is 0.0943. The summed E-state index contributed by atoms with van der Waals surface area (Å²) in [6.45, 7) is 3.91. The number of carbonyl (C=O) groups is 1. The van der Waals surface area contributed by atoms with Crippen LogP contribution in [0.3, 0.4) is 0 Å². The first kappa shape index (κ1) is 11.1. The van der Waals surface area contributed by atoms with E-state index in [1.54, 1.807) is 11.8 Å². The first-order chi connectivity index (χ1) is 6.63. The van der Waals surface area contributed by atoms with Crippen molar-refractivity contribution in [1.29, 1.82) is 0 Å². The van der Waals surface area contributed by atoms with Gasteiger partial charge in [0.25, 0.3) is 5.91 Å². The number of rotatable bonds is 3. The van der Waals surface area contributed by atoms with Gasteiger partial charge in [-0.1, -0.05) is 6.07 Å². The van der Waals surface area contributed by atoms with Crippen LogP contribution in [0.15, 0.2) is 29.2 Å². The maximum atomic E-state index is 11.6. The normalized spacial score (nSPS) is 10.3. The Morgan fingerprint density at radius 1 is 1.43 bits per heavy atom. The minimum absolute atomic E-state index is 0.00380. The summed E-state index contributed by atoms with van der Waals surface area (Å²) in [5, 5.41) is 2.86. The van der Waals surface area contributed by atoms with Gasteiger partial charge in [0.05, 0.1) is 0 Å². The number of thioether (sulfide) groups is 1. The molecule has 2 nitrogen and oxygen atoms in total. The van der Waals surface area contributed by atoms with E-state index in [9.17, 15) is 4.79 Å². The van der Waals surface area contributed by atoms with Crippen molar-refractivity contribution in [3.63, 3.8) is 0 Å². The highest BCUT2D eigenvalue weighted by molar-refractivity contribution is 7.98. The zero-order valence-corrected chi connectivity index (χ0v) is 9.52. The van der Waals surface area contributed by atoms with Gasteiger partial charge in [-0.15, -0.1) is 11.8 Å². The largest absolute Gasteiger partial charge is 0.350 e. The Kier molecular flexibility index (Phi) is 4.01. The Hall–Kier alpha value is -0.960. The van der Waals surface area contributed by atoms with E-state index in [1.165, 1.54) is 0 Å². The van der Waals surface area contributed by atoms with E-state index in [4.69, 9.17) is 0 Å². The molecule has 1 N–H and O–H groups in total. The standard InChI is InChI=1S/C11H15NOS/c1-8(2)12-11(13)9-5-4-6-10(7-9)14-3/h4-8H,1-3H3,(H,12,13). The molecule has 0 saturated carbocycles. The van der Waals surface area contributed by atoms with E-state index < -0.39 is 0 Å². The van der Waals surface area contributed by atoms with Gasteiger partial charge in [-0.25, -0.2) is 0 Å². The van der Waals surface area contributed by atoms with Crippen LogP contribution in [0.2, 0.25) is 0 Å². The average molecular weight is 209 g/mol. The van der Waals surface area contributed by atoms with Crippen molar-refractivity contribution in [2.24, 2.45) is 0 Å². The lowest BCUT2D eigenvalue weighted by Gasteiger charge is -2.08. The molecule has 14 heavy (non-hydrogen) atoms. The molecule has 0 bridgehead atoms. The molecule has 0 unspecified atom stereocenters. The smallest absolute Gasteiger partial charge is 0.251 e. The van der Waals surface area contributed by atoms with Crippen LogP contribution in [-0.4, -0.2) is 18.2 Å². The highest BCUT2D eigenvalue weighted by Crippen LogP contribution is 2.15. The molecule has 3 heteroatoms. The SMILES string of the molecule is CSc1cccc(C(=O)NC(C)C)c1. The van der Waals surface area contributed by atoms with Gasteiger partial charge in [-0.05, 0) is 38.3 Å². The molecule has 1 rings (SSSR count). The molecule has 0 spiro atoms. The van der Waals surface area contributed by atoms with Gasteiger partial charge >= 0.3 is 0 Å². The zero-order valence-electron chi connectivity index (χ0n) is 8.70. The van der Waals surface area contributed by atoms with Gasteiger partial charge in [0.2, 0.25) is 0 Å². The second-order valence-corrected chi connectivity index (χ2v) is 4.24. The zero-order chi connectivity index (χ0) is 10.6. The number of hydrogen-bond acceptors (Lipinski definition) is 2. The molecule has 0 heterocycles. The number of amides is 1. The Bertz CT molecular complexity index is 323. The van der Waals surface area contributed by atoms with Crippen LogP contribution < -0.4 is 5.32 Å². The van der Waals surface area contributed by atoms with Gasteiger partial charge in [0.15, 0.2) is 0 Å². The summed E-state index contributed by atoms with van der Waals surface area (Å²) < 4.78 is 0. The third-order valence-electron chi connectivity index (χ3n) is 1.75. The van der Waals surface area contributed by atoms with Crippen LogP contribution in [0.25, 0.3) is 0 Å². The molecule has 1 aromatic carbocycles. The minimum atomic E-state index is -0.00380. The maximum Gasteiger partial charge on any atom is 0.251 e. The summed E-state index contributed by atoms with van der Waals surface area (Å²) in [6, 6.07) is 7.82. The van der Waals surface area contributed by atoms with Crippen LogP contribution >= 0.6 is 11.8 Å². The lowest BCUT2D eigenvalue weighted by Crippen LogP contribution is -2.29. The van der Waals surface area contributed by atoms with E-state index >= 15 is 0 Å². The minimum Gasteiger partial charge on any atom is -0.350 e. The molecule has 0 aliphatic carbocycles. The topological polar surface area (TPSA) is 29.1 Å². The molecule has 76 valence electrons. The molecular weight excluding hydrogens is 194 g/mol. The van der Waals surface area contributed by atoms with Crippen molar-refractivity contribution < 1.29 is 4.79 Å². The van der Waals surface area contributed by atoms with Crippen molar-refractivity contribution in [2.75, 3.05) is 6.26 Å². The Morgan fingerprint density at radius 2 is 2.14 bits per heavy atom. The third kappa shape index (κ3) is 3.07. The number of nitrogens with one attached hydrogen (secondary N) is 1. The molecule has 0 aliphatic rings. The summed E-state index contributed by atoms with van der Waals surface area (Å²) in [7, 11) is 0. The molecule has 0 atom stereocenters. The van der Waals surface area contributed by atoms with Crippen molar-refractivity contribution in [3.8, 4) is 0 Å². The van der Waals surface area contributed by atoms with Gasteiger partial charge < -0.3 is 5.32 Å². The Morgan fingerprint density at radius 3 is 2.71 bits per heavy atom. The van der Waals surface area contributed by atoms with Gasteiger partial charge in [0.1, 0.15) is 0 Å². The van der Waals surface area contributed by atoms with E-state index in [-0.39, 0.29) is 11.9 Å². The summed E-state index contributed by atoms with van der Waals surface area (Å²) in [5.74, 6) is -0.00380. The Labute approximate surface area is 89.1 Å². The quantitative estimate of drug-likeness (QED) is 0.775. The molecular formula is C11H15NOS. The van der Waals surface area contributed by atoms with Gasteiger partial charge in [0, 0.05) is 16.5 Å². The maximum absolute atomic E-state index is 11.6. The molecule has 0 aliphatic heterocycles. The number of hydrogen-bond donors (Lipinski definition) is 1. The molecule has 0 radical (unpaired) electrons. The molecule has 0 fully saturated rings. The highest BCUT2D eigenvalue weighted by atomic mass is 32.2. The summed E-state index contributed by atoms with van der Waals surface area (Å²) in [5.41, 5.74) is 0.727. The molecule has 1 aromatic rings. The molecule has 1 amide bonds. The second-order valence-electron chi connectivity index (χ2n) is 3.36. The fraction of sp³-hybridized carbons (Fsp3) is 0.364. The number of carbonyl (C=O) groups excluding carboxylic acids is 1. The van der Waals surface area contributed by atoms with E-state index in [0.29, 0.717) is 0 Å². The second kappa shape index (κ2) is 5.05. The van der Waals surface area contributed by atoms with E-state index in [1.807, 2.05) is 44.4 Å². The average Bonchev–Trinajstić information content (AvgIpc) is 2.17. The predicted octanol–water partition coefficient (Wildman–Crippen LogP) is 2.55. The summed E-state index contributed by atoms with van der Waals surface area (Å²) >= 11 is 1.64. The molecule has 0 saturated heterocycles. The fourth-order valence-corrected chi connectivity index (χ4v) is 1.57. The van der Waals surface area contributed by atoms with Crippen molar-refractivity contribution in [2.45, 2.75) is 24.8 Å². The predicted molar refractivity (Wildman–Crippen MR) is 60.8 cm³/mol. The number of benzene rings is 1. The van der Waals surface area contributed by atoms with Crippen molar-refractivity contribution >= 4 is 17.7 Å². The van der Waals surface area contributed by atoms with E-state index in [0.717, 1.165) is 10.5 Å². The Balaban J connectivity index is 2.79. The highest BCUT2D eigenvalue weighted by Gasteiger charge is 2.06. The van der Waals surface area contributed by atoms with E-state index in [2.05, 4.69) is 5.32 Å². The first-order valence-electron chi connectivity index (χ1n) is 4.58.